The Morgan fingerprint density at radius 3 is 2.73 bits per heavy atom. The van der Waals surface area contributed by atoms with Crippen LogP contribution in [0.15, 0.2) is 18.2 Å². The summed E-state index contributed by atoms with van der Waals surface area (Å²) in [6.45, 7) is 0. The highest BCUT2D eigenvalue weighted by Gasteiger charge is 2.24. The van der Waals surface area contributed by atoms with E-state index < -0.39 is 21.1 Å². The van der Waals surface area contributed by atoms with Gasteiger partial charge < -0.3 is 9.84 Å². The lowest BCUT2D eigenvalue weighted by molar-refractivity contribution is -0.384. The van der Waals surface area contributed by atoms with Gasteiger partial charge in [-0.1, -0.05) is 0 Å². The SMILES string of the molecule is CS(=O)(=O)Nc1ccc([N+](=O)[O-])cc1O[C@H]1CCC[C@H](O)C1. The van der Waals surface area contributed by atoms with E-state index in [-0.39, 0.29) is 23.2 Å². The van der Waals surface area contributed by atoms with Gasteiger partial charge in [0.05, 0.1) is 29.0 Å². The number of aliphatic hydroxyl groups excluding tert-OH is 1. The number of nitrogens with zero attached hydrogens (tertiary/aromatic N) is 1. The summed E-state index contributed by atoms with van der Waals surface area (Å²) < 4.78 is 30.7. The van der Waals surface area contributed by atoms with Crippen LogP contribution in [0.5, 0.6) is 5.75 Å². The molecule has 22 heavy (non-hydrogen) atoms. The van der Waals surface area contributed by atoms with E-state index in [1.54, 1.807) is 0 Å². The van der Waals surface area contributed by atoms with Crippen LogP contribution in [0.4, 0.5) is 11.4 Å². The fourth-order valence-corrected chi connectivity index (χ4v) is 2.98. The third-order valence-corrected chi connectivity index (χ3v) is 3.95. The van der Waals surface area contributed by atoms with Gasteiger partial charge in [-0.15, -0.1) is 0 Å². The Balaban J connectivity index is 2.28. The molecule has 1 aliphatic carbocycles. The molecule has 1 aromatic rings. The summed E-state index contributed by atoms with van der Waals surface area (Å²) in [4.78, 5) is 10.3. The average molecular weight is 330 g/mol. The topological polar surface area (TPSA) is 119 Å². The van der Waals surface area contributed by atoms with Crippen molar-refractivity contribution in [3.8, 4) is 5.75 Å². The normalized spacial score (nSPS) is 22.1. The molecule has 9 heteroatoms. The van der Waals surface area contributed by atoms with E-state index in [1.165, 1.54) is 18.2 Å². The van der Waals surface area contributed by atoms with Crippen molar-refractivity contribution >= 4 is 21.4 Å². The van der Waals surface area contributed by atoms with Crippen molar-refractivity contribution in [1.82, 2.24) is 0 Å². The highest BCUT2D eigenvalue weighted by Crippen LogP contribution is 2.33. The number of non-ortho nitro benzene ring substituents is 1. The van der Waals surface area contributed by atoms with Crippen LogP contribution < -0.4 is 9.46 Å². The van der Waals surface area contributed by atoms with E-state index >= 15 is 0 Å². The minimum atomic E-state index is -3.53. The first-order valence-corrected chi connectivity index (χ1v) is 8.74. The molecule has 0 saturated heterocycles. The Hall–Kier alpha value is -1.87. The van der Waals surface area contributed by atoms with Gasteiger partial charge in [-0.2, -0.15) is 0 Å². The molecule has 0 unspecified atom stereocenters. The van der Waals surface area contributed by atoms with Gasteiger partial charge in [0, 0.05) is 12.5 Å². The third kappa shape index (κ3) is 4.57. The quantitative estimate of drug-likeness (QED) is 0.626. The summed E-state index contributed by atoms with van der Waals surface area (Å²) >= 11 is 0. The second-order valence-corrected chi connectivity index (χ2v) is 7.12. The fraction of sp³-hybridized carbons (Fsp3) is 0.538. The summed E-state index contributed by atoms with van der Waals surface area (Å²) in [7, 11) is -3.53. The number of ether oxygens (including phenoxy) is 1. The van der Waals surface area contributed by atoms with Crippen LogP contribution in [0.1, 0.15) is 25.7 Å². The smallest absolute Gasteiger partial charge is 0.273 e. The van der Waals surface area contributed by atoms with Crippen LogP contribution in [0.2, 0.25) is 0 Å². The number of hydrogen-bond acceptors (Lipinski definition) is 6. The molecule has 0 spiro atoms. The van der Waals surface area contributed by atoms with Crippen molar-refractivity contribution in [3.05, 3.63) is 28.3 Å². The lowest BCUT2D eigenvalue weighted by Gasteiger charge is -2.27. The highest BCUT2D eigenvalue weighted by molar-refractivity contribution is 7.92. The van der Waals surface area contributed by atoms with E-state index in [9.17, 15) is 23.6 Å². The summed E-state index contributed by atoms with van der Waals surface area (Å²) in [6, 6.07) is 3.69. The number of benzene rings is 1. The molecule has 0 amide bonds. The molecule has 122 valence electrons. The van der Waals surface area contributed by atoms with Gasteiger partial charge in [-0.3, -0.25) is 14.8 Å². The molecular weight excluding hydrogens is 312 g/mol. The summed E-state index contributed by atoms with van der Waals surface area (Å²) in [6.07, 6.45) is 2.83. The van der Waals surface area contributed by atoms with Crippen molar-refractivity contribution in [1.29, 1.82) is 0 Å². The van der Waals surface area contributed by atoms with Gasteiger partial charge in [0.2, 0.25) is 10.0 Å². The monoisotopic (exact) mass is 330 g/mol. The minimum Gasteiger partial charge on any atom is -0.488 e. The largest absolute Gasteiger partial charge is 0.488 e. The van der Waals surface area contributed by atoms with Crippen LogP contribution in [-0.4, -0.2) is 36.9 Å². The van der Waals surface area contributed by atoms with E-state index in [0.29, 0.717) is 19.3 Å². The Kier molecular flexibility index (Phi) is 4.87. The number of nitro benzene ring substituents is 1. The number of sulfonamides is 1. The van der Waals surface area contributed by atoms with Crippen molar-refractivity contribution in [2.24, 2.45) is 0 Å². The summed E-state index contributed by atoms with van der Waals surface area (Å²) in [5.74, 6) is 0.0960. The van der Waals surface area contributed by atoms with Crippen molar-refractivity contribution in [2.75, 3.05) is 11.0 Å². The molecule has 0 bridgehead atoms. The summed E-state index contributed by atoms with van der Waals surface area (Å²) in [5, 5.41) is 20.5. The van der Waals surface area contributed by atoms with Crippen LogP contribution in [0, 0.1) is 10.1 Å². The molecule has 1 aromatic carbocycles. The average Bonchev–Trinajstić information content (AvgIpc) is 2.39. The summed E-state index contributed by atoms with van der Waals surface area (Å²) in [5.41, 5.74) is -0.0430. The zero-order valence-corrected chi connectivity index (χ0v) is 12.9. The van der Waals surface area contributed by atoms with E-state index in [1.807, 2.05) is 0 Å². The van der Waals surface area contributed by atoms with Crippen LogP contribution >= 0.6 is 0 Å². The lowest BCUT2D eigenvalue weighted by atomic mass is 9.95. The molecule has 2 atom stereocenters. The molecule has 2 rings (SSSR count). The van der Waals surface area contributed by atoms with Gasteiger partial charge in [0.1, 0.15) is 6.10 Å². The highest BCUT2D eigenvalue weighted by atomic mass is 32.2. The van der Waals surface area contributed by atoms with Gasteiger partial charge in [-0.05, 0) is 25.3 Å². The molecule has 8 nitrogen and oxygen atoms in total. The van der Waals surface area contributed by atoms with Crippen LogP contribution in [0.3, 0.4) is 0 Å². The Labute approximate surface area is 128 Å². The van der Waals surface area contributed by atoms with Crippen LogP contribution in [0.25, 0.3) is 0 Å². The maximum atomic E-state index is 11.4. The molecule has 0 radical (unpaired) electrons. The number of nitrogens with one attached hydrogen (secondary N) is 1. The number of hydrogen-bond donors (Lipinski definition) is 2. The maximum Gasteiger partial charge on any atom is 0.273 e. The Bertz CT molecular complexity index is 660. The molecule has 0 aromatic heterocycles. The molecule has 1 aliphatic rings. The number of aliphatic hydroxyl groups is 1. The van der Waals surface area contributed by atoms with E-state index in [2.05, 4.69) is 4.72 Å². The van der Waals surface area contributed by atoms with E-state index in [4.69, 9.17) is 4.74 Å². The van der Waals surface area contributed by atoms with Gasteiger partial charge >= 0.3 is 0 Å². The third-order valence-electron chi connectivity index (χ3n) is 3.36. The van der Waals surface area contributed by atoms with Gasteiger partial charge in [0.15, 0.2) is 5.75 Å². The standard InChI is InChI=1S/C13H18N2O6S/c1-22(19,20)14-12-6-5-9(15(17)18)7-13(12)21-11-4-2-3-10(16)8-11/h5-7,10-11,14,16H,2-4,8H2,1H3/t10-,11-/m0/s1. The molecule has 0 aliphatic heterocycles. The fourth-order valence-electron chi connectivity index (χ4n) is 2.41. The van der Waals surface area contributed by atoms with Crippen molar-refractivity contribution < 1.29 is 23.2 Å². The van der Waals surface area contributed by atoms with Crippen molar-refractivity contribution in [3.63, 3.8) is 0 Å². The van der Waals surface area contributed by atoms with Crippen LogP contribution in [-0.2, 0) is 10.0 Å². The number of nitro groups is 1. The first-order valence-electron chi connectivity index (χ1n) is 6.85. The first-order chi connectivity index (χ1) is 10.2. The Morgan fingerprint density at radius 1 is 1.41 bits per heavy atom. The second-order valence-electron chi connectivity index (χ2n) is 5.37. The lowest BCUT2D eigenvalue weighted by Crippen LogP contribution is -2.28. The Morgan fingerprint density at radius 2 is 2.14 bits per heavy atom. The zero-order valence-electron chi connectivity index (χ0n) is 12.1. The molecule has 2 N–H and O–H groups in total. The predicted molar refractivity (Wildman–Crippen MR) is 80.5 cm³/mol. The second kappa shape index (κ2) is 6.49. The molecule has 1 saturated carbocycles. The molecule has 1 fully saturated rings. The maximum absolute atomic E-state index is 11.4. The molecular formula is C13H18N2O6S. The first kappa shape index (κ1) is 16.5. The zero-order chi connectivity index (χ0) is 16.3. The van der Waals surface area contributed by atoms with Gasteiger partial charge in [-0.25, -0.2) is 8.42 Å². The predicted octanol–water partition coefficient (Wildman–Crippen LogP) is 1.65. The minimum absolute atomic E-state index is 0.0960. The van der Waals surface area contributed by atoms with E-state index in [0.717, 1.165) is 12.7 Å². The number of anilines is 1. The number of rotatable bonds is 5. The van der Waals surface area contributed by atoms with Crippen molar-refractivity contribution in [2.45, 2.75) is 37.9 Å². The van der Waals surface area contributed by atoms with Gasteiger partial charge in [0.25, 0.3) is 5.69 Å². The molecule has 0 heterocycles.